The Labute approximate surface area is 132 Å². The Balaban J connectivity index is 1.45. The average molecular weight is 324 g/mol. The minimum Gasteiger partial charge on any atom is -0.459 e. The lowest BCUT2D eigenvalue weighted by Crippen LogP contribution is -2.34. The first-order chi connectivity index (χ1) is 11.1. The van der Waals surface area contributed by atoms with Gasteiger partial charge in [0, 0.05) is 6.20 Å². The van der Waals surface area contributed by atoms with E-state index in [1.807, 2.05) is 0 Å². The first-order valence-corrected chi connectivity index (χ1v) is 7.62. The summed E-state index contributed by atoms with van der Waals surface area (Å²) in [5, 5.41) is 3.07. The number of aromatic nitrogens is 2. The van der Waals surface area contributed by atoms with Gasteiger partial charge in [-0.3, -0.25) is 9.36 Å². The molecule has 9 nitrogen and oxygen atoms in total. The van der Waals surface area contributed by atoms with Gasteiger partial charge >= 0.3 is 11.7 Å². The van der Waals surface area contributed by atoms with E-state index in [1.54, 1.807) is 12.3 Å². The summed E-state index contributed by atoms with van der Waals surface area (Å²) in [7, 11) is 0. The molecule has 3 atom stereocenters. The molecule has 2 saturated heterocycles. The Kier molecular flexibility index (Phi) is 4.89. The highest BCUT2D eigenvalue weighted by molar-refractivity contribution is 5.76. The molecule has 1 unspecified atom stereocenters. The minimum atomic E-state index is -0.609. The van der Waals surface area contributed by atoms with Crippen LogP contribution in [0.2, 0.25) is 0 Å². The second kappa shape index (κ2) is 7.07. The van der Waals surface area contributed by atoms with Gasteiger partial charge in [-0.05, 0) is 25.5 Å². The Morgan fingerprint density at radius 1 is 1.57 bits per heavy atom. The number of anilines is 1. The smallest absolute Gasteiger partial charge is 0.349 e. The molecule has 1 aromatic rings. The highest BCUT2D eigenvalue weighted by Gasteiger charge is 2.29. The van der Waals surface area contributed by atoms with Gasteiger partial charge in [0.1, 0.15) is 24.6 Å². The number of carbonyl (C=O) groups is 1. The summed E-state index contributed by atoms with van der Waals surface area (Å²) in [6.07, 6.45) is 2.42. The van der Waals surface area contributed by atoms with Crippen LogP contribution in [-0.4, -0.2) is 53.7 Å². The van der Waals surface area contributed by atoms with Crippen LogP contribution in [0, 0.1) is 0 Å². The molecule has 0 amide bonds. The first-order valence-electron chi connectivity index (χ1n) is 7.62. The second-order valence-corrected chi connectivity index (χ2v) is 5.59. The summed E-state index contributed by atoms with van der Waals surface area (Å²) >= 11 is 0. The van der Waals surface area contributed by atoms with Crippen molar-refractivity contribution in [3.05, 3.63) is 22.7 Å². The van der Waals surface area contributed by atoms with Crippen LogP contribution in [0.5, 0.6) is 0 Å². The lowest BCUT2D eigenvalue weighted by Gasteiger charge is -2.14. The Morgan fingerprint density at radius 2 is 2.43 bits per heavy atom. The summed E-state index contributed by atoms with van der Waals surface area (Å²) in [5.74, 6) is -0.0998. The number of nitrogens with two attached hydrogens (primary N) is 1. The van der Waals surface area contributed by atoms with Gasteiger partial charge in [0.05, 0.1) is 13.2 Å². The number of carbonyl (C=O) groups excluding carboxylic acids is 1. The molecule has 2 aliphatic rings. The molecule has 23 heavy (non-hydrogen) atoms. The maximum absolute atomic E-state index is 11.8. The van der Waals surface area contributed by atoms with Crippen LogP contribution in [0.1, 0.15) is 12.8 Å². The lowest BCUT2D eigenvalue weighted by molar-refractivity contribution is -0.159. The Morgan fingerprint density at radius 3 is 3.17 bits per heavy atom. The van der Waals surface area contributed by atoms with Gasteiger partial charge in [-0.15, -0.1) is 0 Å². The van der Waals surface area contributed by atoms with Gasteiger partial charge in [0.2, 0.25) is 0 Å². The molecule has 0 radical (unpaired) electrons. The van der Waals surface area contributed by atoms with E-state index in [0.717, 1.165) is 19.4 Å². The number of nitrogens with one attached hydrogen (secondary N) is 1. The van der Waals surface area contributed by atoms with Gasteiger partial charge in [-0.1, -0.05) is 0 Å². The topological polar surface area (TPSA) is 118 Å². The van der Waals surface area contributed by atoms with Crippen molar-refractivity contribution in [3.63, 3.8) is 0 Å². The summed E-state index contributed by atoms with van der Waals surface area (Å²) in [4.78, 5) is 27.1. The highest BCUT2D eigenvalue weighted by atomic mass is 16.7. The van der Waals surface area contributed by atoms with Crippen LogP contribution in [0.25, 0.3) is 0 Å². The number of esters is 1. The molecule has 0 saturated carbocycles. The van der Waals surface area contributed by atoms with Crippen LogP contribution in [-0.2, 0) is 25.5 Å². The van der Waals surface area contributed by atoms with Crippen molar-refractivity contribution in [2.24, 2.45) is 0 Å². The molecule has 0 aromatic carbocycles. The molecule has 3 N–H and O–H groups in total. The van der Waals surface area contributed by atoms with Crippen molar-refractivity contribution in [1.29, 1.82) is 0 Å². The molecular weight excluding hydrogens is 304 g/mol. The number of rotatable bonds is 5. The van der Waals surface area contributed by atoms with Crippen LogP contribution in [0.3, 0.4) is 0 Å². The number of hydrogen-bond acceptors (Lipinski definition) is 8. The molecule has 2 fully saturated rings. The molecule has 0 aliphatic carbocycles. The molecule has 3 heterocycles. The molecule has 126 valence electrons. The van der Waals surface area contributed by atoms with Crippen molar-refractivity contribution in [2.75, 3.05) is 25.5 Å². The fraction of sp³-hybridized carbons (Fsp3) is 0.643. The van der Waals surface area contributed by atoms with Gasteiger partial charge in [-0.25, -0.2) is 4.79 Å². The van der Waals surface area contributed by atoms with E-state index < -0.39 is 12.0 Å². The summed E-state index contributed by atoms with van der Waals surface area (Å²) in [6.45, 7) is 1.51. The molecular formula is C14H20N4O5. The first kappa shape index (κ1) is 15.9. The van der Waals surface area contributed by atoms with Gasteiger partial charge < -0.3 is 25.3 Å². The van der Waals surface area contributed by atoms with Crippen LogP contribution in [0.15, 0.2) is 17.1 Å². The average Bonchev–Trinajstić information content (AvgIpc) is 3.19. The predicted molar refractivity (Wildman–Crippen MR) is 79.5 cm³/mol. The van der Waals surface area contributed by atoms with E-state index in [1.165, 1.54) is 4.57 Å². The number of ether oxygens (including phenoxy) is 3. The van der Waals surface area contributed by atoms with Crippen molar-refractivity contribution < 1.29 is 19.0 Å². The predicted octanol–water partition coefficient (Wildman–Crippen LogP) is -1.14. The maximum Gasteiger partial charge on any atom is 0.349 e. The Bertz CT molecular complexity index is 613. The highest BCUT2D eigenvalue weighted by Crippen LogP contribution is 2.14. The van der Waals surface area contributed by atoms with Gasteiger partial charge in [0.25, 0.3) is 0 Å². The molecule has 1 aromatic heterocycles. The second-order valence-electron chi connectivity index (χ2n) is 5.59. The van der Waals surface area contributed by atoms with E-state index in [4.69, 9.17) is 19.9 Å². The maximum atomic E-state index is 11.8. The van der Waals surface area contributed by atoms with Gasteiger partial charge in [0.15, 0.2) is 6.29 Å². The van der Waals surface area contributed by atoms with Crippen LogP contribution >= 0.6 is 0 Å². The third kappa shape index (κ3) is 4.06. The monoisotopic (exact) mass is 324 g/mol. The largest absolute Gasteiger partial charge is 0.459 e. The zero-order chi connectivity index (χ0) is 16.2. The Hall–Kier alpha value is -1.97. The van der Waals surface area contributed by atoms with Gasteiger partial charge in [-0.2, -0.15) is 4.98 Å². The lowest BCUT2D eigenvalue weighted by atomic mass is 10.2. The minimum absolute atomic E-state index is 0.0440. The fourth-order valence-electron chi connectivity index (χ4n) is 2.63. The third-order valence-corrected chi connectivity index (χ3v) is 3.81. The quantitative estimate of drug-likeness (QED) is 0.653. The fourth-order valence-corrected chi connectivity index (χ4v) is 2.63. The number of nitrogens with zero attached hydrogens (tertiary/aromatic N) is 2. The normalized spacial score (nSPS) is 27.2. The molecule has 3 rings (SSSR count). The number of hydrogen-bond donors (Lipinski definition) is 2. The summed E-state index contributed by atoms with van der Waals surface area (Å²) < 4.78 is 17.7. The summed E-state index contributed by atoms with van der Waals surface area (Å²) in [5.41, 5.74) is 5.01. The van der Waals surface area contributed by atoms with Crippen molar-refractivity contribution >= 4 is 11.8 Å². The van der Waals surface area contributed by atoms with Crippen molar-refractivity contribution in [2.45, 2.75) is 37.8 Å². The van der Waals surface area contributed by atoms with Crippen molar-refractivity contribution in [3.8, 4) is 0 Å². The SMILES string of the molecule is Nc1ccn(C[C@@H]2CO[C@H](COC(=O)C3CCCN3)O2)c(=O)n1. The van der Waals surface area contributed by atoms with E-state index in [2.05, 4.69) is 10.3 Å². The van der Waals surface area contributed by atoms with E-state index in [-0.39, 0.29) is 30.5 Å². The van der Waals surface area contributed by atoms with E-state index in [0.29, 0.717) is 13.2 Å². The molecule has 0 spiro atoms. The van der Waals surface area contributed by atoms with E-state index in [9.17, 15) is 9.59 Å². The molecule has 2 aliphatic heterocycles. The standard InChI is InChI=1S/C14H20N4O5/c15-11-3-5-18(14(20)17-11)6-9-7-21-12(23-9)8-22-13(19)10-2-1-4-16-10/h3,5,9-10,12,16H,1-2,4,6-8H2,(H2,15,17,20)/t9-,10?,12+/m1/s1. The molecule has 9 heteroatoms. The van der Waals surface area contributed by atoms with E-state index >= 15 is 0 Å². The van der Waals surface area contributed by atoms with Crippen LogP contribution < -0.4 is 16.7 Å². The summed E-state index contributed by atoms with van der Waals surface area (Å²) in [6, 6.07) is 1.32. The van der Waals surface area contributed by atoms with Crippen molar-refractivity contribution in [1.82, 2.24) is 14.9 Å². The zero-order valence-corrected chi connectivity index (χ0v) is 12.6. The molecule has 0 bridgehead atoms. The third-order valence-electron chi connectivity index (χ3n) is 3.81. The van der Waals surface area contributed by atoms with Crippen LogP contribution in [0.4, 0.5) is 5.82 Å². The zero-order valence-electron chi connectivity index (χ0n) is 12.6. The number of nitrogen functional groups attached to an aromatic ring is 1.